The number of imidazole rings is 2. The lowest BCUT2D eigenvalue weighted by Crippen LogP contribution is -2.03. The molecular formula is C50H36N6. The number of hydrogen-bond donors (Lipinski definition) is 0. The zero-order chi connectivity index (χ0) is 37.6. The van der Waals surface area contributed by atoms with Gasteiger partial charge in [-0.1, -0.05) is 133 Å². The highest BCUT2D eigenvalue weighted by Gasteiger charge is 2.25. The highest BCUT2D eigenvalue weighted by atomic mass is 15.1. The molecule has 0 saturated carbocycles. The summed E-state index contributed by atoms with van der Waals surface area (Å²) < 4.78 is 4.47. The third-order valence-corrected chi connectivity index (χ3v) is 10.6. The van der Waals surface area contributed by atoms with Crippen LogP contribution in [0.2, 0.25) is 0 Å². The average molecular weight is 721 g/mol. The van der Waals surface area contributed by atoms with Crippen LogP contribution in [0, 0.1) is 13.8 Å². The van der Waals surface area contributed by atoms with Crippen LogP contribution >= 0.6 is 0 Å². The SMILES string of the molecule is Cc1nc2ncccc2n1-c1ccccc1-c1cccc(-c2ccccc2)c1-c1c(-c2ccccc2)cccc1-c1ccccc1-n1c(C)nc2ncccc21. The zero-order valence-corrected chi connectivity index (χ0v) is 31.0. The molecule has 56 heavy (non-hydrogen) atoms. The van der Waals surface area contributed by atoms with E-state index in [1.165, 1.54) is 0 Å². The molecule has 0 bridgehead atoms. The minimum absolute atomic E-state index is 0.726. The zero-order valence-electron chi connectivity index (χ0n) is 31.0. The molecule has 4 aromatic heterocycles. The van der Waals surface area contributed by atoms with Gasteiger partial charge in [0.05, 0.1) is 22.4 Å². The van der Waals surface area contributed by atoms with Crippen LogP contribution in [0.1, 0.15) is 11.6 Å². The third kappa shape index (κ3) is 5.50. The molecule has 0 fully saturated rings. The van der Waals surface area contributed by atoms with Crippen molar-refractivity contribution in [3.05, 3.63) is 194 Å². The van der Waals surface area contributed by atoms with Gasteiger partial charge < -0.3 is 0 Å². The molecule has 0 atom stereocenters. The Morgan fingerprint density at radius 2 is 0.714 bits per heavy atom. The molecule has 0 aliphatic carbocycles. The summed E-state index contributed by atoms with van der Waals surface area (Å²) >= 11 is 0. The van der Waals surface area contributed by atoms with Crippen LogP contribution in [-0.2, 0) is 0 Å². The van der Waals surface area contributed by atoms with Gasteiger partial charge in [0.25, 0.3) is 0 Å². The van der Waals surface area contributed by atoms with Gasteiger partial charge in [-0.05, 0) is 94.8 Å². The largest absolute Gasteiger partial charge is 0.294 e. The number of hydrogen-bond acceptors (Lipinski definition) is 4. The quantitative estimate of drug-likeness (QED) is 0.164. The summed E-state index contributed by atoms with van der Waals surface area (Å²) in [5, 5.41) is 0. The summed E-state index contributed by atoms with van der Waals surface area (Å²) in [5.74, 6) is 1.76. The maximum absolute atomic E-state index is 4.88. The molecule has 266 valence electrons. The van der Waals surface area contributed by atoms with Gasteiger partial charge in [-0.15, -0.1) is 0 Å². The molecule has 4 heterocycles. The van der Waals surface area contributed by atoms with Crippen molar-refractivity contribution < 1.29 is 0 Å². The number of nitrogens with zero attached hydrogens (tertiary/aromatic N) is 6. The van der Waals surface area contributed by atoms with Crippen LogP contribution in [-0.4, -0.2) is 29.1 Å². The molecule has 0 unspecified atom stereocenters. The maximum Gasteiger partial charge on any atom is 0.178 e. The lowest BCUT2D eigenvalue weighted by Gasteiger charge is -2.25. The van der Waals surface area contributed by atoms with Gasteiger partial charge in [0.2, 0.25) is 0 Å². The summed E-state index contributed by atoms with van der Waals surface area (Å²) in [5.41, 5.74) is 16.7. The van der Waals surface area contributed by atoms with Crippen molar-refractivity contribution in [3.63, 3.8) is 0 Å². The Morgan fingerprint density at radius 1 is 0.339 bits per heavy atom. The number of pyridine rings is 2. The molecule has 10 rings (SSSR count). The van der Waals surface area contributed by atoms with E-state index in [0.717, 1.165) is 101 Å². The summed E-state index contributed by atoms with van der Waals surface area (Å²) in [6.45, 7) is 4.10. The average Bonchev–Trinajstić information content (AvgIpc) is 3.78. The van der Waals surface area contributed by atoms with Gasteiger partial charge in [0, 0.05) is 23.5 Å². The van der Waals surface area contributed by atoms with E-state index in [1.807, 2.05) is 12.1 Å². The number of fused-ring (bicyclic) bond motifs is 2. The Bertz CT molecular complexity index is 2840. The fourth-order valence-corrected chi connectivity index (χ4v) is 8.26. The van der Waals surface area contributed by atoms with Crippen molar-refractivity contribution in [3.8, 4) is 67.0 Å². The summed E-state index contributed by atoms with van der Waals surface area (Å²) in [7, 11) is 0. The monoisotopic (exact) mass is 720 g/mol. The maximum atomic E-state index is 4.88. The highest BCUT2D eigenvalue weighted by Crippen LogP contribution is 2.50. The molecule has 10 aromatic rings. The minimum Gasteiger partial charge on any atom is -0.294 e. The Hall–Kier alpha value is -7.44. The van der Waals surface area contributed by atoms with Crippen LogP contribution in [0.15, 0.2) is 182 Å². The molecule has 0 radical (unpaired) electrons. The van der Waals surface area contributed by atoms with E-state index in [1.54, 1.807) is 12.4 Å². The first kappa shape index (κ1) is 33.2. The van der Waals surface area contributed by atoms with Gasteiger partial charge in [0.1, 0.15) is 11.6 Å². The van der Waals surface area contributed by atoms with Crippen molar-refractivity contribution in [2.24, 2.45) is 0 Å². The number of para-hydroxylation sites is 2. The Labute approximate surface area is 325 Å². The van der Waals surface area contributed by atoms with Crippen molar-refractivity contribution in [1.29, 1.82) is 0 Å². The van der Waals surface area contributed by atoms with Gasteiger partial charge in [-0.25, -0.2) is 19.9 Å². The molecule has 0 aliphatic rings. The van der Waals surface area contributed by atoms with Crippen molar-refractivity contribution in [2.45, 2.75) is 13.8 Å². The molecule has 0 saturated heterocycles. The van der Waals surface area contributed by atoms with Crippen LogP contribution < -0.4 is 0 Å². The second kappa shape index (κ2) is 13.8. The summed E-state index contributed by atoms with van der Waals surface area (Å²) in [6, 6.07) is 60.4. The first-order chi connectivity index (χ1) is 27.7. The van der Waals surface area contributed by atoms with E-state index in [2.05, 4.69) is 191 Å². The smallest absolute Gasteiger partial charge is 0.178 e. The molecule has 0 N–H and O–H groups in total. The molecule has 0 spiro atoms. The molecular weight excluding hydrogens is 685 g/mol. The molecule has 0 aliphatic heterocycles. The summed E-state index contributed by atoms with van der Waals surface area (Å²) in [4.78, 5) is 19.0. The Balaban J connectivity index is 1.34. The first-order valence-electron chi connectivity index (χ1n) is 18.8. The van der Waals surface area contributed by atoms with Crippen molar-refractivity contribution >= 4 is 22.3 Å². The second-order valence-corrected chi connectivity index (χ2v) is 13.9. The Morgan fingerprint density at radius 3 is 1.16 bits per heavy atom. The van der Waals surface area contributed by atoms with E-state index < -0.39 is 0 Å². The van der Waals surface area contributed by atoms with Gasteiger partial charge in [0.15, 0.2) is 11.3 Å². The summed E-state index contributed by atoms with van der Waals surface area (Å²) in [6.07, 6.45) is 3.61. The topological polar surface area (TPSA) is 61.4 Å². The fourth-order valence-electron chi connectivity index (χ4n) is 8.26. The standard InChI is InChI=1S/C50H36N6/c1-33-53-49-45(29-15-31-51-49)55(33)43-27-11-9-21-39(43)41-25-13-23-37(35-17-5-3-6-18-35)47(41)48-38(36-19-7-4-8-20-36)24-14-26-42(48)40-22-10-12-28-44(40)56-34(2)54-50-46(56)30-16-32-52-50/h3-32H,1-2H3. The van der Waals surface area contributed by atoms with Crippen molar-refractivity contribution in [1.82, 2.24) is 29.1 Å². The van der Waals surface area contributed by atoms with E-state index >= 15 is 0 Å². The van der Waals surface area contributed by atoms with Gasteiger partial charge in [-0.2, -0.15) is 0 Å². The molecule has 6 aromatic carbocycles. The Kier molecular flexibility index (Phi) is 8.15. The normalized spacial score (nSPS) is 11.4. The predicted octanol–water partition coefficient (Wildman–Crippen LogP) is 12.1. The lowest BCUT2D eigenvalue weighted by atomic mass is 9.80. The van der Waals surface area contributed by atoms with Crippen molar-refractivity contribution in [2.75, 3.05) is 0 Å². The lowest BCUT2D eigenvalue weighted by molar-refractivity contribution is 1.00. The van der Waals surface area contributed by atoms with E-state index in [9.17, 15) is 0 Å². The second-order valence-electron chi connectivity index (χ2n) is 13.9. The van der Waals surface area contributed by atoms with E-state index in [4.69, 9.17) is 9.97 Å². The van der Waals surface area contributed by atoms with Crippen LogP contribution in [0.3, 0.4) is 0 Å². The third-order valence-electron chi connectivity index (χ3n) is 10.6. The molecule has 0 amide bonds. The molecule has 6 nitrogen and oxygen atoms in total. The molecule has 6 heteroatoms. The van der Waals surface area contributed by atoms with Gasteiger partial charge >= 0.3 is 0 Å². The minimum atomic E-state index is 0.726. The fraction of sp³-hybridized carbons (Fsp3) is 0.0400. The first-order valence-corrected chi connectivity index (χ1v) is 18.8. The number of aryl methyl sites for hydroxylation is 2. The predicted molar refractivity (Wildman–Crippen MR) is 228 cm³/mol. The van der Waals surface area contributed by atoms with E-state index in [-0.39, 0.29) is 0 Å². The number of benzene rings is 6. The van der Waals surface area contributed by atoms with E-state index in [0.29, 0.717) is 0 Å². The van der Waals surface area contributed by atoms with Crippen LogP contribution in [0.4, 0.5) is 0 Å². The number of aromatic nitrogens is 6. The van der Waals surface area contributed by atoms with Crippen LogP contribution in [0.25, 0.3) is 89.3 Å². The van der Waals surface area contributed by atoms with Gasteiger partial charge in [-0.3, -0.25) is 9.13 Å². The highest BCUT2D eigenvalue weighted by molar-refractivity contribution is 6.07. The van der Waals surface area contributed by atoms with Crippen LogP contribution in [0.5, 0.6) is 0 Å². The number of rotatable bonds is 7.